The summed E-state index contributed by atoms with van der Waals surface area (Å²) in [6, 6.07) is 12.9. The van der Waals surface area contributed by atoms with Crippen LogP contribution in [0.15, 0.2) is 52.9 Å². The van der Waals surface area contributed by atoms with Crippen LogP contribution in [0.2, 0.25) is 0 Å². The van der Waals surface area contributed by atoms with E-state index in [4.69, 9.17) is 14.9 Å². The molecule has 0 saturated heterocycles. The number of hydrogen-bond acceptors (Lipinski definition) is 7. The summed E-state index contributed by atoms with van der Waals surface area (Å²) in [5.74, 6) is -0.111. The van der Waals surface area contributed by atoms with Gasteiger partial charge in [-0.05, 0) is 48.9 Å². The molecule has 4 aromatic rings. The molecule has 0 unspecified atom stereocenters. The number of carbonyl (C=O) groups is 1. The predicted octanol–water partition coefficient (Wildman–Crippen LogP) is 4.76. The molecule has 0 aliphatic rings. The summed E-state index contributed by atoms with van der Waals surface area (Å²) in [4.78, 5) is 23.1. The van der Waals surface area contributed by atoms with Crippen LogP contribution in [0.25, 0.3) is 22.4 Å². The summed E-state index contributed by atoms with van der Waals surface area (Å²) in [5, 5.41) is 3.14. The molecule has 3 N–H and O–H groups in total. The zero-order chi connectivity index (χ0) is 26.7. The topological polar surface area (TPSA) is 107 Å². The van der Waals surface area contributed by atoms with Crippen LogP contribution in [0, 0.1) is 0 Å². The molecule has 8 nitrogen and oxygen atoms in total. The molecule has 1 amide bonds. The highest BCUT2D eigenvalue weighted by Gasteiger charge is 2.33. The Kier molecular flexibility index (Phi) is 7.35. The highest BCUT2D eigenvalue weighted by atomic mass is 19.4. The van der Waals surface area contributed by atoms with E-state index in [1.54, 1.807) is 13.0 Å². The quantitative estimate of drug-likeness (QED) is 0.350. The molecule has 0 spiro atoms. The molecule has 0 aliphatic heterocycles. The molecule has 0 atom stereocenters. The van der Waals surface area contributed by atoms with Gasteiger partial charge in [0.15, 0.2) is 11.5 Å². The third kappa shape index (κ3) is 5.51. The SMILES string of the molecule is CCOc1ccc(-c2nc(C(=O)NCc3cccc(N(C)C)c3)c(CN)o2)c2ccc(C(F)(F)F)nc12. The van der Waals surface area contributed by atoms with Gasteiger partial charge in [-0.1, -0.05) is 12.1 Å². The molecule has 4 rings (SSSR count). The van der Waals surface area contributed by atoms with Crippen LogP contribution in [-0.2, 0) is 19.3 Å². The number of halogens is 3. The van der Waals surface area contributed by atoms with Crippen LogP contribution < -0.4 is 20.7 Å². The number of hydrogen-bond donors (Lipinski definition) is 2. The Morgan fingerprint density at radius 1 is 1.14 bits per heavy atom. The maximum Gasteiger partial charge on any atom is 0.433 e. The first kappa shape index (κ1) is 26.0. The maximum absolute atomic E-state index is 13.3. The number of amides is 1. The van der Waals surface area contributed by atoms with Crippen molar-refractivity contribution >= 4 is 22.5 Å². The zero-order valence-electron chi connectivity index (χ0n) is 20.5. The number of benzene rings is 2. The van der Waals surface area contributed by atoms with E-state index in [1.165, 1.54) is 12.1 Å². The maximum atomic E-state index is 13.3. The van der Waals surface area contributed by atoms with E-state index in [9.17, 15) is 18.0 Å². The van der Waals surface area contributed by atoms with Crippen molar-refractivity contribution in [2.24, 2.45) is 5.73 Å². The van der Waals surface area contributed by atoms with Crippen molar-refractivity contribution in [2.75, 3.05) is 25.6 Å². The van der Waals surface area contributed by atoms with Crippen molar-refractivity contribution in [2.45, 2.75) is 26.2 Å². The minimum atomic E-state index is -4.62. The Bertz CT molecular complexity index is 1430. The number of anilines is 1. The first-order valence-corrected chi connectivity index (χ1v) is 11.5. The normalized spacial score (nSPS) is 11.5. The Morgan fingerprint density at radius 3 is 2.59 bits per heavy atom. The van der Waals surface area contributed by atoms with Crippen molar-refractivity contribution < 1.29 is 27.1 Å². The molecule has 0 aliphatic carbocycles. The molecule has 0 bridgehead atoms. The smallest absolute Gasteiger partial charge is 0.433 e. The van der Waals surface area contributed by atoms with Crippen LogP contribution in [-0.4, -0.2) is 36.6 Å². The zero-order valence-corrected chi connectivity index (χ0v) is 20.5. The van der Waals surface area contributed by atoms with Gasteiger partial charge in [-0.15, -0.1) is 0 Å². The second-order valence-electron chi connectivity index (χ2n) is 8.38. The Labute approximate surface area is 211 Å². The molecule has 0 saturated carbocycles. The minimum absolute atomic E-state index is 0.00293. The van der Waals surface area contributed by atoms with Gasteiger partial charge in [0.2, 0.25) is 5.89 Å². The highest BCUT2D eigenvalue weighted by Crippen LogP contribution is 2.37. The fourth-order valence-electron chi connectivity index (χ4n) is 3.80. The van der Waals surface area contributed by atoms with Crippen LogP contribution in [0.1, 0.15) is 34.4 Å². The number of ether oxygens (including phenoxy) is 1. The lowest BCUT2D eigenvalue weighted by Gasteiger charge is -2.13. The van der Waals surface area contributed by atoms with Crippen LogP contribution in [0.4, 0.5) is 18.9 Å². The van der Waals surface area contributed by atoms with Gasteiger partial charge in [0.1, 0.15) is 17.0 Å². The number of oxazole rings is 1. The van der Waals surface area contributed by atoms with E-state index in [1.807, 2.05) is 43.3 Å². The minimum Gasteiger partial charge on any atom is -0.492 e. The summed E-state index contributed by atoms with van der Waals surface area (Å²) >= 11 is 0. The number of rotatable bonds is 8. The van der Waals surface area contributed by atoms with Crippen molar-refractivity contribution in [1.82, 2.24) is 15.3 Å². The van der Waals surface area contributed by atoms with Gasteiger partial charge < -0.3 is 25.1 Å². The summed E-state index contributed by atoms with van der Waals surface area (Å²) in [6.45, 7) is 2.11. The molecular weight excluding hydrogens is 487 g/mol. The number of nitrogens with zero attached hydrogens (tertiary/aromatic N) is 3. The van der Waals surface area contributed by atoms with Crippen molar-refractivity contribution in [3.63, 3.8) is 0 Å². The van der Waals surface area contributed by atoms with Crippen LogP contribution in [0.3, 0.4) is 0 Å². The highest BCUT2D eigenvalue weighted by molar-refractivity contribution is 5.98. The average Bonchev–Trinajstić information content (AvgIpc) is 3.31. The van der Waals surface area contributed by atoms with E-state index in [2.05, 4.69) is 15.3 Å². The number of carbonyl (C=O) groups excluding carboxylic acids is 1. The molecule has 0 radical (unpaired) electrons. The van der Waals surface area contributed by atoms with E-state index in [0.29, 0.717) is 10.9 Å². The number of fused-ring (bicyclic) bond motifs is 1. The van der Waals surface area contributed by atoms with Gasteiger partial charge in [-0.25, -0.2) is 9.97 Å². The van der Waals surface area contributed by atoms with Gasteiger partial charge in [0.25, 0.3) is 5.91 Å². The first-order valence-electron chi connectivity index (χ1n) is 11.5. The monoisotopic (exact) mass is 513 g/mol. The lowest BCUT2D eigenvalue weighted by molar-refractivity contribution is -0.140. The van der Waals surface area contributed by atoms with Gasteiger partial charge in [0.05, 0.1) is 13.2 Å². The fraction of sp³-hybridized carbons (Fsp3) is 0.269. The molecule has 37 heavy (non-hydrogen) atoms. The summed E-state index contributed by atoms with van der Waals surface area (Å²) in [5.41, 5.74) is 7.00. The standard InChI is InChI=1S/C26H26F3N5O3/c1-4-36-19-10-8-18(17-9-11-21(26(27,28)29)32-22(17)19)25-33-23(20(13-30)37-25)24(35)31-14-15-6-5-7-16(12-15)34(2)3/h5-12H,4,13-14,30H2,1-3H3,(H,31,35). The lowest BCUT2D eigenvalue weighted by Crippen LogP contribution is -2.24. The van der Waals surface area contributed by atoms with E-state index < -0.39 is 17.8 Å². The molecule has 2 aromatic carbocycles. The fourth-order valence-corrected chi connectivity index (χ4v) is 3.80. The summed E-state index contributed by atoms with van der Waals surface area (Å²) in [7, 11) is 3.85. The first-order chi connectivity index (χ1) is 17.6. The van der Waals surface area contributed by atoms with E-state index in [0.717, 1.165) is 17.3 Å². The van der Waals surface area contributed by atoms with Crippen molar-refractivity contribution in [3.8, 4) is 17.2 Å². The summed E-state index contributed by atoms with van der Waals surface area (Å²) in [6.07, 6.45) is -4.62. The molecule has 2 aromatic heterocycles. The number of nitrogens with one attached hydrogen (secondary N) is 1. The second kappa shape index (κ2) is 10.5. The third-order valence-corrected chi connectivity index (χ3v) is 5.62. The largest absolute Gasteiger partial charge is 0.492 e. The lowest BCUT2D eigenvalue weighted by atomic mass is 10.1. The van der Waals surface area contributed by atoms with Crippen LogP contribution >= 0.6 is 0 Å². The Balaban J connectivity index is 1.68. The average molecular weight is 514 g/mol. The number of aromatic nitrogens is 2. The van der Waals surface area contributed by atoms with E-state index >= 15 is 0 Å². The Hall–Kier alpha value is -4.12. The number of alkyl halides is 3. The Morgan fingerprint density at radius 2 is 1.92 bits per heavy atom. The van der Waals surface area contributed by atoms with Gasteiger partial charge in [0, 0.05) is 37.3 Å². The van der Waals surface area contributed by atoms with Gasteiger partial charge in [-0.2, -0.15) is 13.2 Å². The number of nitrogens with two attached hydrogens (primary N) is 1. The number of pyridine rings is 1. The molecule has 11 heteroatoms. The van der Waals surface area contributed by atoms with Crippen LogP contribution in [0.5, 0.6) is 5.75 Å². The van der Waals surface area contributed by atoms with Crippen molar-refractivity contribution in [3.05, 3.63) is 71.2 Å². The summed E-state index contributed by atoms with van der Waals surface area (Å²) < 4.78 is 51.2. The molecular formula is C26H26F3N5O3. The van der Waals surface area contributed by atoms with Gasteiger partial charge >= 0.3 is 6.18 Å². The molecule has 2 heterocycles. The third-order valence-electron chi connectivity index (χ3n) is 5.62. The van der Waals surface area contributed by atoms with Crippen molar-refractivity contribution in [1.29, 1.82) is 0 Å². The second-order valence-corrected chi connectivity index (χ2v) is 8.38. The molecule has 0 fully saturated rings. The van der Waals surface area contributed by atoms with E-state index in [-0.39, 0.29) is 48.3 Å². The predicted molar refractivity (Wildman–Crippen MR) is 133 cm³/mol. The molecule has 194 valence electrons. The van der Waals surface area contributed by atoms with Gasteiger partial charge in [-0.3, -0.25) is 4.79 Å².